The van der Waals surface area contributed by atoms with Crippen molar-refractivity contribution < 1.29 is 9.47 Å². The molecule has 1 N–H and O–H groups in total. The van der Waals surface area contributed by atoms with E-state index in [2.05, 4.69) is 16.0 Å². The molecule has 1 fully saturated rings. The molecule has 0 bridgehead atoms. The minimum atomic E-state index is -0.225. The highest BCUT2D eigenvalue weighted by Crippen LogP contribution is 2.29. The standard InChI is InChI=1S/C12H10Cl2N2O2S/c13-9-10(14)16-12(15-9)19-5-7-2-1-3-8(4-7)11-17-6-18-11/h1-4,11H,5-6H2,(H,15,16). The lowest BCUT2D eigenvalue weighted by molar-refractivity contribution is -0.326. The smallest absolute Gasteiger partial charge is 0.189 e. The highest BCUT2D eigenvalue weighted by Gasteiger charge is 2.20. The molecule has 0 spiro atoms. The number of hydrogen-bond acceptors (Lipinski definition) is 4. The Hall–Kier alpha value is -0.720. The first kappa shape index (κ1) is 13.3. The van der Waals surface area contributed by atoms with Crippen molar-refractivity contribution in [2.75, 3.05) is 6.79 Å². The summed E-state index contributed by atoms with van der Waals surface area (Å²) in [6.07, 6.45) is -0.225. The molecule has 4 nitrogen and oxygen atoms in total. The van der Waals surface area contributed by atoms with Gasteiger partial charge in [-0.2, -0.15) is 0 Å². The topological polar surface area (TPSA) is 47.1 Å². The molecule has 100 valence electrons. The summed E-state index contributed by atoms with van der Waals surface area (Å²) in [5.41, 5.74) is 2.19. The second-order valence-electron chi connectivity index (χ2n) is 3.96. The van der Waals surface area contributed by atoms with Crippen LogP contribution in [0.1, 0.15) is 17.4 Å². The van der Waals surface area contributed by atoms with Crippen LogP contribution in [0, 0.1) is 0 Å². The molecular weight excluding hydrogens is 307 g/mol. The normalized spacial score (nSPS) is 15.5. The van der Waals surface area contributed by atoms with Crippen LogP contribution in [0.3, 0.4) is 0 Å². The summed E-state index contributed by atoms with van der Waals surface area (Å²) in [5, 5.41) is 1.37. The van der Waals surface area contributed by atoms with Gasteiger partial charge < -0.3 is 14.5 Å². The molecule has 2 aromatic rings. The van der Waals surface area contributed by atoms with Crippen molar-refractivity contribution in [3.8, 4) is 0 Å². The molecule has 1 aromatic heterocycles. The second kappa shape index (κ2) is 5.73. The number of rotatable bonds is 4. The van der Waals surface area contributed by atoms with E-state index in [-0.39, 0.29) is 6.29 Å². The van der Waals surface area contributed by atoms with Gasteiger partial charge in [0.1, 0.15) is 5.15 Å². The molecule has 19 heavy (non-hydrogen) atoms. The summed E-state index contributed by atoms with van der Waals surface area (Å²) in [6, 6.07) is 8.07. The van der Waals surface area contributed by atoms with Crippen molar-refractivity contribution in [3.63, 3.8) is 0 Å². The van der Waals surface area contributed by atoms with Gasteiger partial charge in [-0.25, -0.2) is 4.98 Å². The van der Waals surface area contributed by atoms with Crippen LogP contribution >= 0.6 is 35.0 Å². The van der Waals surface area contributed by atoms with E-state index < -0.39 is 0 Å². The summed E-state index contributed by atoms with van der Waals surface area (Å²) in [7, 11) is 0. The maximum atomic E-state index is 5.81. The van der Waals surface area contributed by atoms with Crippen LogP contribution in [0.4, 0.5) is 0 Å². The third kappa shape index (κ3) is 3.07. The molecule has 7 heteroatoms. The van der Waals surface area contributed by atoms with Gasteiger partial charge in [-0.1, -0.05) is 53.2 Å². The third-order valence-electron chi connectivity index (χ3n) is 2.64. The van der Waals surface area contributed by atoms with E-state index in [1.54, 1.807) is 0 Å². The summed E-state index contributed by atoms with van der Waals surface area (Å²) >= 11 is 13.1. The van der Waals surface area contributed by atoms with Crippen LogP contribution in [-0.4, -0.2) is 16.8 Å². The largest absolute Gasteiger partial charge is 0.323 e. The lowest BCUT2D eigenvalue weighted by Gasteiger charge is -2.27. The predicted octanol–water partition coefficient (Wildman–Crippen LogP) is 4.01. The SMILES string of the molecule is Clc1nc(SCc2cccc(C3OCO3)c2)[nH]c1Cl. The molecule has 1 aromatic carbocycles. The van der Waals surface area contributed by atoms with Gasteiger partial charge in [0.25, 0.3) is 0 Å². The lowest BCUT2D eigenvalue weighted by atomic mass is 10.1. The van der Waals surface area contributed by atoms with E-state index in [1.807, 2.05) is 18.2 Å². The molecule has 2 heterocycles. The fraction of sp³-hybridized carbons (Fsp3) is 0.250. The second-order valence-corrected chi connectivity index (χ2v) is 5.66. The lowest BCUT2D eigenvalue weighted by Crippen LogP contribution is -2.22. The minimum absolute atomic E-state index is 0.225. The van der Waals surface area contributed by atoms with Crippen LogP contribution < -0.4 is 0 Å². The molecule has 1 aliphatic heterocycles. The fourth-order valence-corrected chi connectivity index (χ4v) is 2.87. The van der Waals surface area contributed by atoms with E-state index >= 15 is 0 Å². The molecular formula is C12H10Cl2N2O2S. The van der Waals surface area contributed by atoms with Crippen molar-refractivity contribution in [2.24, 2.45) is 0 Å². The maximum Gasteiger partial charge on any atom is 0.189 e. The molecule has 1 saturated heterocycles. The Morgan fingerprint density at radius 2 is 2.21 bits per heavy atom. The number of benzene rings is 1. The van der Waals surface area contributed by atoms with Gasteiger partial charge in [-0.05, 0) is 11.6 Å². The van der Waals surface area contributed by atoms with Crippen LogP contribution in [-0.2, 0) is 15.2 Å². The first-order valence-corrected chi connectivity index (χ1v) is 7.32. The van der Waals surface area contributed by atoms with Crippen LogP contribution in [0.5, 0.6) is 0 Å². The Kier molecular flexibility index (Phi) is 4.00. The van der Waals surface area contributed by atoms with Gasteiger partial charge >= 0.3 is 0 Å². The zero-order valence-corrected chi connectivity index (χ0v) is 12.1. The Morgan fingerprint density at radius 1 is 1.37 bits per heavy atom. The first-order valence-electron chi connectivity index (χ1n) is 5.58. The quantitative estimate of drug-likeness (QED) is 0.866. The van der Waals surface area contributed by atoms with E-state index in [0.717, 1.165) is 16.9 Å². The summed E-state index contributed by atoms with van der Waals surface area (Å²) < 4.78 is 10.5. The number of aromatic amines is 1. The van der Waals surface area contributed by atoms with Gasteiger partial charge in [0.05, 0.1) is 0 Å². The Balaban J connectivity index is 1.66. The molecule has 3 rings (SSSR count). The third-order valence-corrected chi connectivity index (χ3v) is 4.22. The zero-order valence-electron chi connectivity index (χ0n) is 9.73. The summed E-state index contributed by atoms with van der Waals surface area (Å²) in [6.45, 7) is 0.368. The summed E-state index contributed by atoms with van der Waals surface area (Å²) in [4.78, 5) is 7.01. The maximum absolute atomic E-state index is 5.81. The highest BCUT2D eigenvalue weighted by molar-refractivity contribution is 7.98. The number of aromatic nitrogens is 2. The average molecular weight is 317 g/mol. The van der Waals surface area contributed by atoms with Gasteiger partial charge in [0.15, 0.2) is 23.4 Å². The molecule has 0 atom stereocenters. The minimum Gasteiger partial charge on any atom is -0.323 e. The van der Waals surface area contributed by atoms with Gasteiger partial charge in [0, 0.05) is 11.3 Å². The number of ether oxygens (including phenoxy) is 2. The predicted molar refractivity (Wildman–Crippen MR) is 74.4 cm³/mol. The number of halogens is 2. The molecule has 0 unspecified atom stereocenters. The molecule has 0 radical (unpaired) electrons. The van der Waals surface area contributed by atoms with E-state index in [4.69, 9.17) is 32.7 Å². The van der Waals surface area contributed by atoms with Crippen LogP contribution in [0.25, 0.3) is 0 Å². The number of H-pyrrole nitrogens is 1. The van der Waals surface area contributed by atoms with E-state index in [9.17, 15) is 0 Å². The Morgan fingerprint density at radius 3 is 2.84 bits per heavy atom. The number of thioether (sulfide) groups is 1. The fourth-order valence-electron chi connectivity index (χ4n) is 1.69. The first-order chi connectivity index (χ1) is 9.22. The monoisotopic (exact) mass is 316 g/mol. The Bertz CT molecular complexity index is 567. The van der Waals surface area contributed by atoms with Crippen molar-refractivity contribution in [3.05, 3.63) is 45.7 Å². The summed E-state index contributed by atoms with van der Waals surface area (Å²) in [5.74, 6) is 0.765. The van der Waals surface area contributed by atoms with E-state index in [1.165, 1.54) is 11.8 Å². The molecule has 0 amide bonds. The van der Waals surface area contributed by atoms with Crippen molar-refractivity contribution in [1.82, 2.24) is 9.97 Å². The van der Waals surface area contributed by atoms with Crippen molar-refractivity contribution >= 4 is 35.0 Å². The van der Waals surface area contributed by atoms with Gasteiger partial charge in [-0.15, -0.1) is 0 Å². The number of nitrogens with zero attached hydrogens (tertiary/aromatic N) is 1. The number of nitrogens with one attached hydrogen (secondary N) is 1. The van der Waals surface area contributed by atoms with E-state index in [0.29, 0.717) is 22.3 Å². The molecule has 1 aliphatic rings. The highest BCUT2D eigenvalue weighted by atomic mass is 35.5. The van der Waals surface area contributed by atoms with Gasteiger partial charge in [0.2, 0.25) is 0 Å². The van der Waals surface area contributed by atoms with Crippen molar-refractivity contribution in [2.45, 2.75) is 17.2 Å². The Labute approximate surface area is 124 Å². The molecule has 0 aliphatic carbocycles. The number of hydrogen-bond donors (Lipinski definition) is 1. The average Bonchev–Trinajstić information content (AvgIpc) is 2.65. The van der Waals surface area contributed by atoms with Crippen LogP contribution in [0.15, 0.2) is 29.4 Å². The molecule has 0 saturated carbocycles. The zero-order chi connectivity index (χ0) is 13.2. The number of imidazole rings is 1. The van der Waals surface area contributed by atoms with Crippen molar-refractivity contribution in [1.29, 1.82) is 0 Å². The van der Waals surface area contributed by atoms with Gasteiger partial charge in [-0.3, -0.25) is 0 Å². The van der Waals surface area contributed by atoms with Crippen LogP contribution in [0.2, 0.25) is 10.3 Å².